The van der Waals surface area contributed by atoms with Gasteiger partial charge in [-0.05, 0) is 42.9 Å². The van der Waals surface area contributed by atoms with Gasteiger partial charge in [-0.1, -0.05) is 33.1 Å². The highest BCUT2D eigenvalue weighted by Gasteiger charge is 2.31. The third-order valence-corrected chi connectivity index (χ3v) is 4.91. The van der Waals surface area contributed by atoms with Crippen LogP contribution in [0.15, 0.2) is 4.99 Å². The van der Waals surface area contributed by atoms with Crippen molar-refractivity contribution in [2.24, 2.45) is 28.0 Å². The molecule has 0 aromatic carbocycles. The van der Waals surface area contributed by atoms with E-state index in [2.05, 4.69) is 24.2 Å². The van der Waals surface area contributed by atoms with E-state index in [1.54, 1.807) is 0 Å². The maximum absolute atomic E-state index is 5.95. The molecule has 0 unspecified atom stereocenters. The Labute approximate surface area is 112 Å². The van der Waals surface area contributed by atoms with E-state index in [4.69, 9.17) is 5.73 Å². The molecule has 2 fully saturated rings. The van der Waals surface area contributed by atoms with Gasteiger partial charge in [-0.25, -0.2) is 0 Å². The Bertz CT molecular complexity index is 286. The lowest BCUT2D eigenvalue weighted by Crippen LogP contribution is -2.38. The largest absolute Gasteiger partial charge is 0.370 e. The Morgan fingerprint density at radius 3 is 2.39 bits per heavy atom. The number of guanidine groups is 1. The van der Waals surface area contributed by atoms with Crippen molar-refractivity contribution in [3.05, 3.63) is 0 Å². The molecule has 0 aromatic heterocycles. The normalized spacial score (nSPS) is 23.1. The van der Waals surface area contributed by atoms with Gasteiger partial charge in [0.25, 0.3) is 0 Å². The first-order chi connectivity index (χ1) is 8.58. The zero-order valence-electron chi connectivity index (χ0n) is 12.0. The van der Waals surface area contributed by atoms with Crippen LogP contribution in [-0.4, -0.2) is 19.0 Å². The first-order valence-electron chi connectivity index (χ1n) is 7.62. The second kappa shape index (κ2) is 5.94. The molecule has 3 N–H and O–H groups in total. The summed E-state index contributed by atoms with van der Waals surface area (Å²) in [5.74, 6) is 2.32. The Balaban J connectivity index is 1.73. The number of nitrogens with zero attached hydrogens (tertiary/aromatic N) is 1. The number of nitrogens with one attached hydrogen (secondary N) is 1. The zero-order valence-corrected chi connectivity index (χ0v) is 12.0. The van der Waals surface area contributed by atoms with Gasteiger partial charge < -0.3 is 11.1 Å². The maximum atomic E-state index is 5.95. The van der Waals surface area contributed by atoms with Crippen molar-refractivity contribution >= 4 is 5.96 Å². The summed E-state index contributed by atoms with van der Waals surface area (Å²) in [6, 6.07) is 0. The summed E-state index contributed by atoms with van der Waals surface area (Å²) in [4.78, 5) is 4.55. The van der Waals surface area contributed by atoms with Crippen molar-refractivity contribution in [2.45, 2.75) is 58.8 Å². The zero-order chi connectivity index (χ0) is 13.0. The van der Waals surface area contributed by atoms with E-state index in [9.17, 15) is 0 Å². The number of aliphatic imine (C=N–C) groups is 1. The smallest absolute Gasteiger partial charge is 0.188 e. The molecule has 0 amide bonds. The van der Waals surface area contributed by atoms with Gasteiger partial charge in [-0.15, -0.1) is 0 Å². The molecular formula is C15H29N3. The monoisotopic (exact) mass is 251 g/mol. The van der Waals surface area contributed by atoms with Crippen LogP contribution in [0, 0.1) is 17.3 Å². The highest BCUT2D eigenvalue weighted by atomic mass is 15.1. The van der Waals surface area contributed by atoms with Crippen molar-refractivity contribution < 1.29 is 0 Å². The van der Waals surface area contributed by atoms with Gasteiger partial charge in [0.2, 0.25) is 0 Å². The fourth-order valence-corrected chi connectivity index (χ4v) is 3.13. The van der Waals surface area contributed by atoms with Gasteiger partial charge in [-0.2, -0.15) is 0 Å². The number of hydrogen-bond acceptors (Lipinski definition) is 1. The second-order valence-corrected chi connectivity index (χ2v) is 6.85. The molecule has 18 heavy (non-hydrogen) atoms. The maximum Gasteiger partial charge on any atom is 0.188 e. The summed E-state index contributed by atoms with van der Waals surface area (Å²) in [6.07, 6.45) is 9.64. The molecule has 0 saturated heterocycles. The molecule has 0 spiro atoms. The van der Waals surface area contributed by atoms with Gasteiger partial charge in [-0.3, -0.25) is 4.99 Å². The average Bonchev–Trinajstić information content (AvgIpc) is 2.78. The SMILES string of the molecule is CC(C)(CN=C(N)NCC1CCC1)C1CCCC1. The van der Waals surface area contributed by atoms with E-state index in [-0.39, 0.29) is 0 Å². The molecule has 2 aliphatic carbocycles. The van der Waals surface area contributed by atoms with Crippen molar-refractivity contribution in [3.8, 4) is 0 Å². The van der Waals surface area contributed by atoms with Crippen LogP contribution in [0.2, 0.25) is 0 Å². The van der Waals surface area contributed by atoms with E-state index < -0.39 is 0 Å². The predicted octanol–water partition coefficient (Wildman–Crippen LogP) is 2.91. The molecule has 0 bridgehead atoms. The summed E-state index contributed by atoms with van der Waals surface area (Å²) >= 11 is 0. The first kappa shape index (κ1) is 13.7. The molecule has 0 aliphatic heterocycles. The molecular weight excluding hydrogens is 222 g/mol. The standard InChI is InChI=1S/C15H29N3/c1-15(2,13-8-3-4-9-13)11-18-14(16)17-10-12-6-5-7-12/h12-13H,3-11H2,1-2H3,(H3,16,17,18). The predicted molar refractivity (Wildman–Crippen MR) is 77.6 cm³/mol. The van der Waals surface area contributed by atoms with Crippen molar-refractivity contribution in [3.63, 3.8) is 0 Å². The van der Waals surface area contributed by atoms with Crippen molar-refractivity contribution in [2.75, 3.05) is 13.1 Å². The molecule has 0 radical (unpaired) electrons. The van der Waals surface area contributed by atoms with Crippen LogP contribution in [0.1, 0.15) is 58.8 Å². The molecule has 2 saturated carbocycles. The molecule has 0 aromatic rings. The molecule has 0 heterocycles. The Kier molecular flexibility index (Phi) is 4.52. The van der Waals surface area contributed by atoms with Crippen LogP contribution >= 0.6 is 0 Å². The van der Waals surface area contributed by atoms with Gasteiger partial charge in [0.15, 0.2) is 5.96 Å². The van der Waals surface area contributed by atoms with Gasteiger partial charge in [0.1, 0.15) is 0 Å². The van der Waals surface area contributed by atoms with Crippen LogP contribution in [0.3, 0.4) is 0 Å². The summed E-state index contributed by atoms with van der Waals surface area (Å²) in [5.41, 5.74) is 6.25. The lowest BCUT2D eigenvalue weighted by atomic mass is 9.78. The minimum Gasteiger partial charge on any atom is -0.370 e. The van der Waals surface area contributed by atoms with Gasteiger partial charge in [0.05, 0.1) is 0 Å². The van der Waals surface area contributed by atoms with E-state index in [1.165, 1.54) is 44.9 Å². The number of nitrogens with two attached hydrogens (primary N) is 1. The van der Waals surface area contributed by atoms with Gasteiger partial charge >= 0.3 is 0 Å². The van der Waals surface area contributed by atoms with E-state index in [1.807, 2.05) is 0 Å². The van der Waals surface area contributed by atoms with Crippen LogP contribution < -0.4 is 11.1 Å². The average molecular weight is 251 g/mol. The Morgan fingerprint density at radius 1 is 1.17 bits per heavy atom. The number of hydrogen-bond donors (Lipinski definition) is 2. The van der Waals surface area contributed by atoms with E-state index in [0.29, 0.717) is 11.4 Å². The van der Waals surface area contributed by atoms with Crippen molar-refractivity contribution in [1.82, 2.24) is 5.32 Å². The van der Waals surface area contributed by atoms with Crippen LogP contribution in [0.25, 0.3) is 0 Å². The quantitative estimate of drug-likeness (QED) is 0.583. The highest BCUT2D eigenvalue weighted by molar-refractivity contribution is 5.77. The Morgan fingerprint density at radius 2 is 1.83 bits per heavy atom. The molecule has 2 aliphatic rings. The minimum absolute atomic E-state index is 0.305. The van der Waals surface area contributed by atoms with Crippen LogP contribution in [0.4, 0.5) is 0 Å². The van der Waals surface area contributed by atoms with E-state index in [0.717, 1.165) is 24.9 Å². The minimum atomic E-state index is 0.305. The molecule has 0 atom stereocenters. The molecule has 3 nitrogen and oxygen atoms in total. The fourth-order valence-electron chi connectivity index (χ4n) is 3.13. The summed E-state index contributed by atoms with van der Waals surface area (Å²) < 4.78 is 0. The third-order valence-electron chi connectivity index (χ3n) is 4.91. The molecule has 104 valence electrons. The lowest BCUT2D eigenvalue weighted by molar-refractivity contribution is 0.227. The summed E-state index contributed by atoms with van der Waals surface area (Å²) in [6.45, 7) is 6.55. The van der Waals surface area contributed by atoms with Crippen molar-refractivity contribution in [1.29, 1.82) is 0 Å². The first-order valence-corrected chi connectivity index (χ1v) is 7.62. The van der Waals surface area contributed by atoms with E-state index >= 15 is 0 Å². The highest BCUT2D eigenvalue weighted by Crippen LogP contribution is 2.39. The van der Waals surface area contributed by atoms with Crippen LogP contribution in [0.5, 0.6) is 0 Å². The van der Waals surface area contributed by atoms with Crippen LogP contribution in [-0.2, 0) is 0 Å². The fraction of sp³-hybridized carbons (Fsp3) is 0.933. The summed E-state index contributed by atoms with van der Waals surface area (Å²) in [7, 11) is 0. The lowest BCUT2D eigenvalue weighted by Gasteiger charge is -2.30. The summed E-state index contributed by atoms with van der Waals surface area (Å²) in [5, 5.41) is 3.28. The third kappa shape index (κ3) is 3.63. The topological polar surface area (TPSA) is 50.4 Å². The second-order valence-electron chi connectivity index (χ2n) is 6.85. The Hall–Kier alpha value is -0.730. The molecule has 2 rings (SSSR count). The number of rotatable bonds is 5. The van der Waals surface area contributed by atoms with Gasteiger partial charge in [0, 0.05) is 13.1 Å². The molecule has 3 heteroatoms.